The van der Waals surface area contributed by atoms with Crippen molar-refractivity contribution in [2.45, 2.75) is 95.5 Å². The third-order valence-corrected chi connectivity index (χ3v) is 4.79. The molecule has 6 heteroatoms. The van der Waals surface area contributed by atoms with Crippen LogP contribution in [0.25, 0.3) is 0 Å². The van der Waals surface area contributed by atoms with Crippen molar-refractivity contribution in [2.75, 3.05) is 13.2 Å². The Balaban J connectivity index is 1.96. The molecule has 0 spiro atoms. The van der Waals surface area contributed by atoms with Crippen LogP contribution in [0.5, 0.6) is 0 Å². The smallest absolute Gasteiger partial charge is 0.159 e. The lowest BCUT2D eigenvalue weighted by Gasteiger charge is -2.21. The maximum atomic E-state index is 9.94. The highest BCUT2D eigenvalue weighted by Crippen LogP contribution is 2.18. The van der Waals surface area contributed by atoms with Crippen molar-refractivity contribution >= 4 is 17.3 Å². The van der Waals surface area contributed by atoms with Crippen LogP contribution in [-0.4, -0.2) is 58.0 Å². The maximum absolute atomic E-state index is 9.94. The van der Waals surface area contributed by atoms with E-state index in [0.29, 0.717) is 11.5 Å². The number of ether oxygens (including phenoxy) is 2. The van der Waals surface area contributed by atoms with Crippen LogP contribution in [0, 0.1) is 0 Å². The Morgan fingerprint density at radius 2 is 1.67 bits per heavy atom. The number of hydrogen-bond donors (Lipinski definition) is 3. The molecule has 0 aromatic carbocycles. The highest BCUT2D eigenvalue weighted by molar-refractivity contribution is 7.80. The minimum atomic E-state index is -1.07. The Morgan fingerprint density at radius 1 is 1.08 bits per heavy atom. The average molecular weight is 363 g/mol. The third-order valence-electron chi connectivity index (χ3n) is 4.47. The van der Waals surface area contributed by atoms with Gasteiger partial charge in [-0.2, -0.15) is 0 Å². The van der Waals surface area contributed by atoms with Crippen molar-refractivity contribution < 1.29 is 24.8 Å². The van der Waals surface area contributed by atoms with E-state index in [0.717, 1.165) is 12.8 Å². The number of hydrogen-bond acceptors (Lipinski definition) is 6. The van der Waals surface area contributed by atoms with Crippen LogP contribution < -0.4 is 0 Å². The summed E-state index contributed by atoms with van der Waals surface area (Å²) in [5, 5.41) is 29.5. The summed E-state index contributed by atoms with van der Waals surface area (Å²) in [6.07, 6.45) is 8.23. The van der Waals surface area contributed by atoms with Gasteiger partial charge in [0.1, 0.15) is 31.0 Å². The third kappa shape index (κ3) is 8.72. The molecule has 1 heterocycles. The van der Waals surface area contributed by atoms with E-state index in [1.165, 1.54) is 44.9 Å². The second-order valence-electron chi connectivity index (χ2n) is 6.68. The van der Waals surface area contributed by atoms with E-state index in [-0.39, 0.29) is 13.2 Å². The van der Waals surface area contributed by atoms with E-state index < -0.39 is 24.4 Å². The van der Waals surface area contributed by atoms with Crippen LogP contribution in [0.4, 0.5) is 0 Å². The Morgan fingerprint density at radius 3 is 2.21 bits per heavy atom. The summed E-state index contributed by atoms with van der Waals surface area (Å²) in [6, 6.07) is 0. The molecule has 0 saturated carbocycles. The molecule has 142 valence electrons. The summed E-state index contributed by atoms with van der Waals surface area (Å²) in [7, 11) is 0. The summed E-state index contributed by atoms with van der Waals surface area (Å²) >= 11 is 5.16. The Bertz CT molecular complexity index is 339. The zero-order valence-corrected chi connectivity index (χ0v) is 15.7. The van der Waals surface area contributed by atoms with Gasteiger partial charge in [-0.3, -0.25) is 0 Å². The number of rotatable bonds is 13. The van der Waals surface area contributed by atoms with Gasteiger partial charge in [-0.15, -0.1) is 0 Å². The summed E-state index contributed by atoms with van der Waals surface area (Å²) < 4.78 is 10.5. The Kier molecular flexibility index (Phi) is 11.8. The molecule has 3 N–H and O–H groups in total. The first-order valence-electron chi connectivity index (χ1n) is 9.37. The van der Waals surface area contributed by atoms with Crippen molar-refractivity contribution in [3.63, 3.8) is 0 Å². The highest BCUT2D eigenvalue weighted by Gasteiger charge is 2.39. The van der Waals surface area contributed by atoms with E-state index >= 15 is 0 Å². The van der Waals surface area contributed by atoms with Gasteiger partial charge < -0.3 is 24.8 Å². The molecular weight excluding hydrogens is 328 g/mol. The molecule has 0 amide bonds. The summed E-state index contributed by atoms with van der Waals surface area (Å²) in [4.78, 5) is 0. The fourth-order valence-electron chi connectivity index (χ4n) is 2.89. The van der Waals surface area contributed by atoms with Gasteiger partial charge in [-0.05, 0) is 18.6 Å². The molecule has 0 radical (unpaired) electrons. The number of aliphatic hydroxyl groups excluding tert-OH is 3. The second-order valence-corrected chi connectivity index (χ2v) is 7.14. The molecule has 1 fully saturated rings. The zero-order valence-electron chi connectivity index (χ0n) is 14.9. The molecule has 1 aliphatic rings. The summed E-state index contributed by atoms with van der Waals surface area (Å²) in [5.74, 6) is 0. The van der Waals surface area contributed by atoms with Crippen LogP contribution in [-0.2, 0) is 9.47 Å². The second kappa shape index (κ2) is 13.0. The highest BCUT2D eigenvalue weighted by atomic mass is 32.1. The monoisotopic (exact) mass is 362 g/mol. The molecule has 0 aromatic heterocycles. The van der Waals surface area contributed by atoms with Crippen molar-refractivity contribution in [1.29, 1.82) is 0 Å². The first kappa shape index (κ1) is 21.8. The van der Waals surface area contributed by atoms with Gasteiger partial charge in [0.05, 0.1) is 6.61 Å². The molecule has 24 heavy (non-hydrogen) atoms. The lowest BCUT2D eigenvalue weighted by Crippen LogP contribution is -2.41. The fraction of sp³-hybridized carbons (Fsp3) is 0.944. The molecule has 1 rings (SSSR count). The lowest BCUT2D eigenvalue weighted by atomic mass is 10.1. The van der Waals surface area contributed by atoms with E-state index in [9.17, 15) is 15.3 Å². The van der Waals surface area contributed by atoms with Crippen LogP contribution in [0.1, 0.15) is 71.1 Å². The van der Waals surface area contributed by atoms with Gasteiger partial charge in [0.15, 0.2) is 5.05 Å². The molecule has 4 atom stereocenters. The standard InChI is InChI=1S/C18H34O5S/c1-2-3-4-5-6-7-8-9-10-11-16(24)22-13-15(20)18-17(21)14(19)12-23-18/h14-15,17-21H,2-13H2,1H3/t14-,15+,17+,18+/m1/s1. The predicted molar refractivity (Wildman–Crippen MR) is 98.2 cm³/mol. The minimum Gasteiger partial charge on any atom is -0.484 e. The summed E-state index contributed by atoms with van der Waals surface area (Å²) in [5.41, 5.74) is 0. The number of aliphatic hydroxyl groups is 3. The van der Waals surface area contributed by atoms with Gasteiger partial charge in [0.25, 0.3) is 0 Å². The minimum absolute atomic E-state index is 0.00922. The van der Waals surface area contributed by atoms with Gasteiger partial charge in [-0.25, -0.2) is 0 Å². The van der Waals surface area contributed by atoms with Crippen LogP contribution >= 0.6 is 12.2 Å². The number of thiocarbonyl (C=S) groups is 1. The topological polar surface area (TPSA) is 79.2 Å². The van der Waals surface area contributed by atoms with Gasteiger partial charge in [0.2, 0.25) is 0 Å². The van der Waals surface area contributed by atoms with Crippen molar-refractivity contribution in [2.24, 2.45) is 0 Å². The molecule has 0 unspecified atom stereocenters. The zero-order chi connectivity index (χ0) is 17.8. The van der Waals surface area contributed by atoms with Crippen LogP contribution in [0.15, 0.2) is 0 Å². The Hall–Kier alpha value is -0.270. The Labute approximate surface area is 151 Å². The lowest BCUT2D eigenvalue weighted by molar-refractivity contribution is -0.0663. The van der Waals surface area contributed by atoms with Crippen LogP contribution in [0.3, 0.4) is 0 Å². The fourth-order valence-corrected chi connectivity index (χ4v) is 3.10. The largest absolute Gasteiger partial charge is 0.484 e. The van der Waals surface area contributed by atoms with E-state index in [1.54, 1.807) is 0 Å². The number of unbranched alkanes of at least 4 members (excludes halogenated alkanes) is 8. The van der Waals surface area contributed by atoms with Gasteiger partial charge in [0, 0.05) is 6.42 Å². The molecule has 0 aliphatic carbocycles. The normalized spacial score (nSPS) is 24.9. The van der Waals surface area contributed by atoms with E-state index in [1.807, 2.05) is 0 Å². The first-order chi connectivity index (χ1) is 11.6. The molecular formula is C18H34O5S. The van der Waals surface area contributed by atoms with E-state index in [4.69, 9.17) is 21.7 Å². The average Bonchev–Trinajstić information content (AvgIpc) is 2.90. The SMILES string of the molecule is CCCCCCCCCCCC(=S)OC[C@H](O)[C@@H]1OC[C@@H](O)[C@@H]1O. The first-order valence-corrected chi connectivity index (χ1v) is 9.78. The molecule has 1 aliphatic heterocycles. The van der Waals surface area contributed by atoms with Gasteiger partial charge >= 0.3 is 0 Å². The summed E-state index contributed by atoms with van der Waals surface area (Å²) in [6.45, 7) is 2.26. The molecule has 0 bridgehead atoms. The predicted octanol–water partition coefficient (Wildman–Crippen LogP) is 2.73. The van der Waals surface area contributed by atoms with Crippen molar-refractivity contribution in [3.05, 3.63) is 0 Å². The maximum Gasteiger partial charge on any atom is 0.159 e. The molecule has 0 aromatic rings. The molecule has 5 nitrogen and oxygen atoms in total. The molecule has 1 saturated heterocycles. The van der Waals surface area contributed by atoms with Crippen molar-refractivity contribution in [1.82, 2.24) is 0 Å². The van der Waals surface area contributed by atoms with Crippen molar-refractivity contribution in [3.8, 4) is 0 Å². The van der Waals surface area contributed by atoms with E-state index in [2.05, 4.69) is 6.92 Å². The quantitative estimate of drug-likeness (QED) is 0.345. The van der Waals surface area contributed by atoms with Crippen LogP contribution in [0.2, 0.25) is 0 Å². The van der Waals surface area contributed by atoms with Gasteiger partial charge in [-0.1, -0.05) is 58.3 Å².